The number of hydrogen-bond acceptors (Lipinski definition) is 3. The molecule has 0 atom stereocenters. The zero-order valence-electron chi connectivity index (χ0n) is 10.0. The maximum absolute atomic E-state index is 11.7. The van der Waals surface area contributed by atoms with Crippen molar-refractivity contribution in [2.75, 3.05) is 13.1 Å². The molecule has 0 radical (unpaired) electrons. The Hall–Kier alpha value is -0.840. The van der Waals surface area contributed by atoms with Gasteiger partial charge in [-0.3, -0.25) is 9.78 Å². The number of nitrogens with one attached hydrogen (secondary N) is 1. The molecule has 3 N–H and O–H groups in total. The van der Waals surface area contributed by atoms with Gasteiger partial charge in [-0.2, -0.15) is 0 Å². The number of carbonyl (C=O) groups excluding carboxylic acids is 1. The van der Waals surface area contributed by atoms with Crippen molar-refractivity contribution in [3.05, 3.63) is 29.1 Å². The topological polar surface area (TPSA) is 68.0 Å². The van der Waals surface area contributed by atoms with Crippen molar-refractivity contribution in [2.45, 2.75) is 20.3 Å². The van der Waals surface area contributed by atoms with Gasteiger partial charge in [-0.1, -0.05) is 0 Å². The maximum atomic E-state index is 11.7. The van der Waals surface area contributed by atoms with E-state index in [0.29, 0.717) is 18.7 Å². The molecule has 98 valence electrons. The second-order valence-electron chi connectivity index (χ2n) is 3.48. The Kier molecular flexibility index (Phi) is 10.0. The van der Waals surface area contributed by atoms with E-state index in [1.165, 1.54) is 0 Å². The lowest BCUT2D eigenvalue weighted by Gasteiger charge is -2.06. The Morgan fingerprint density at radius 3 is 2.53 bits per heavy atom. The average molecular weight is 280 g/mol. The molecule has 4 nitrogen and oxygen atoms in total. The Balaban J connectivity index is 0. The SMILES string of the molecule is Cc1ccc(C(=O)NCCCN)c(C)n1.Cl.Cl. The highest BCUT2D eigenvalue weighted by molar-refractivity contribution is 5.95. The van der Waals surface area contributed by atoms with Gasteiger partial charge in [0.1, 0.15) is 0 Å². The van der Waals surface area contributed by atoms with E-state index in [1.807, 2.05) is 19.9 Å². The minimum absolute atomic E-state index is 0. The molecule has 0 aliphatic rings. The van der Waals surface area contributed by atoms with Crippen molar-refractivity contribution in [2.24, 2.45) is 5.73 Å². The molecule has 1 aromatic heterocycles. The van der Waals surface area contributed by atoms with Crippen LogP contribution >= 0.6 is 24.8 Å². The lowest BCUT2D eigenvalue weighted by atomic mass is 10.1. The summed E-state index contributed by atoms with van der Waals surface area (Å²) < 4.78 is 0. The van der Waals surface area contributed by atoms with Crippen molar-refractivity contribution in [3.8, 4) is 0 Å². The molecule has 0 bridgehead atoms. The van der Waals surface area contributed by atoms with Crippen LogP contribution in [0.1, 0.15) is 28.2 Å². The Morgan fingerprint density at radius 1 is 1.35 bits per heavy atom. The van der Waals surface area contributed by atoms with Gasteiger partial charge in [-0.05, 0) is 38.9 Å². The van der Waals surface area contributed by atoms with E-state index in [9.17, 15) is 4.79 Å². The molecule has 1 aromatic rings. The van der Waals surface area contributed by atoms with Crippen LogP contribution < -0.4 is 11.1 Å². The second kappa shape index (κ2) is 9.22. The Labute approximate surface area is 114 Å². The van der Waals surface area contributed by atoms with Crippen molar-refractivity contribution < 1.29 is 4.79 Å². The predicted octanol–water partition coefficient (Wildman–Crippen LogP) is 1.62. The monoisotopic (exact) mass is 279 g/mol. The van der Waals surface area contributed by atoms with Gasteiger partial charge < -0.3 is 11.1 Å². The second-order valence-corrected chi connectivity index (χ2v) is 3.48. The van der Waals surface area contributed by atoms with Crippen molar-refractivity contribution in [1.82, 2.24) is 10.3 Å². The molecular formula is C11H19Cl2N3O. The standard InChI is InChI=1S/C11H17N3O.2ClH/c1-8-4-5-10(9(2)14-8)11(15)13-7-3-6-12;;/h4-5H,3,6-7,12H2,1-2H3,(H,13,15);2*1H. The molecular weight excluding hydrogens is 261 g/mol. The quantitative estimate of drug-likeness (QED) is 0.823. The van der Waals surface area contributed by atoms with E-state index in [4.69, 9.17) is 5.73 Å². The minimum Gasteiger partial charge on any atom is -0.352 e. The van der Waals surface area contributed by atoms with Crippen LogP contribution in [0.2, 0.25) is 0 Å². The number of hydrogen-bond donors (Lipinski definition) is 2. The molecule has 0 fully saturated rings. The molecule has 1 heterocycles. The molecule has 0 saturated carbocycles. The minimum atomic E-state index is -0.0755. The van der Waals surface area contributed by atoms with E-state index >= 15 is 0 Å². The van der Waals surface area contributed by atoms with Gasteiger partial charge in [0.05, 0.1) is 11.3 Å². The molecule has 0 aliphatic carbocycles. The highest BCUT2D eigenvalue weighted by Gasteiger charge is 2.08. The Bertz CT molecular complexity index is 359. The first kappa shape index (κ1) is 18.5. The van der Waals surface area contributed by atoms with E-state index in [-0.39, 0.29) is 30.7 Å². The summed E-state index contributed by atoms with van der Waals surface area (Å²) in [7, 11) is 0. The number of nitrogens with two attached hydrogens (primary N) is 1. The van der Waals surface area contributed by atoms with Gasteiger partial charge in [-0.15, -0.1) is 24.8 Å². The van der Waals surface area contributed by atoms with Crippen LogP contribution in [0.25, 0.3) is 0 Å². The third-order valence-corrected chi connectivity index (χ3v) is 2.14. The number of amides is 1. The summed E-state index contributed by atoms with van der Waals surface area (Å²) >= 11 is 0. The molecule has 17 heavy (non-hydrogen) atoms. The first-order chi connectivity index (χ1) is 7.15. The van der Waals surface area contributed by atoms with Crippen molar-refractivity contribution in [3.63, 3.8) is 0 Å². The third kappa shape index (κ3) is 5.86. The van der Waals surface area contributed by atoms with Crippen LogP contribution in [-0.2, 0) is 0 Å². The maximum Gasteiger partial charge on any atom is 0.253 e. The van der Waals surface area contributed by atoms with Gasteiger partial charge >= 0.3 is 0 Å². The molecule has 0 spiro atoms. The molecule has 0 aliphatic heterocycles. The zero-order valence-corrected chi connectivity index (χ0v) is 11.7. The van der Waals surface area contributed by atoms with E-state index in [0.717, 1.165) is 17.8 Å². The summed E-state index contributed by atoms with van der Waals surface area (Å²) in [6.45, 7) is 4.95. The highest BCUT2D eigenvalue weighted by Crippen LogP contribution is 2.05. The first-order valence-electron chi connectivity index (χ1n) is 5.07. The van der Waals surface area contributed by atoms with E-state index in [2.05, 4.69) is 10.3 Å². The number of rotatable bonds is 4. The average Bonchev–Trinajstić information content (AvgIpc) is 2.17. The van der Waals surface area contributed by atoms with Gasteiger partial charge in [-0.25, -0.2) is 0 Å². The lowest BCUT2D eigenvalue weighted by molar-refractivity contribution is 0.0952. The van der Waals surface area contributed by atoms with Crippen LogP contribution in [0.3, 0.4) is 0 Å². The predicted molar refractivity (Wildman–Crippen MR) is 74.2 cm³/mol. The number of carbonyl (C=O) groups is 1. The van der Waals surface area contributed by atoms with Gasteiger partial charge in [0.2, 0.25) is 0 Å². The number of halogens is 2. The van der Waals surface area contributed by atoms with E-state index < -0.39 is 0 Å². The molecule has 0 aromatic carbocycles. The molecule has 0 unspecified atom stereocenters. The number of nitrogens with zero attached hydrogens (tertiary/aromatic N) is 1. The summed E-state index contributed by atoms with van der Waals surface area (Å²) in [4.78, 5) is 15.9. The van der Waals surface area contributed by atoms with Crippen molar-refractivity contribution in [1.29, 1.82) is 0 Å². The van der Waals surface area contributed by atoms with Gasteiger partial charge in [0.15, 0.2) is 0 Å². The lowest BCUT2D eigenvalue weighted by Crippen LogP contribution is -2.26. The fourth-order valence-electron chi connectivity index (χ4n) is 1.33. The zero-order chi connectivity index (χ0) is 11.3. The number of aryl methyl sites for hydroxylation is 2. The summed E-state index contributed by atoms with van der Waals surface area (Å²) in [5, 5.41) is 2.80. The summed E-state index contributed by atoms with van der Waals surface area (Å²) in [6, 6.07) is 3.64. The first-order valence-corrected chi connectivity index (χ1v) is 5.07. The molecule has 1 rings (SSSR count). The smallest absolute Gasteiger partial charge is 0.253 e. The summed E-state index contributed by atoms with van der Waals surface area (Å²) in [5.41, 5.74) is 7.66. The largest absolute Gasteiger partial charge is 0.352 e. The normalized spacial score (nSPS) is 8.88. The molecule has 6 heteroatoms. The molecule has 1 amide bonds. The van der Waals surface area contributed by atoms with Gasteiger partial charge in [0, 0.05) is 12.2 Å². The van der Waals surface area contributed by atoms with Crippen LogP contribution in [-0.4, -0.2) is 24.0 Å². The van der Waals surface area contributed by atoms with Crippen LogP contribution in [0.4, 0.5) is 0 Å². The van der Waals surface area contributed by atoms with E-state index in [1.54, 1.807) is 6.07 Å². The van der Waals surface area contributed by atoms with Crippen LogP contribution in [0.15, 0.2) is 12.1 Å². The van der Waals surface area contributed by atoms with Crippen LogP contribution in [0.5, 0.6) is 0 Å². The van der Waals surface area contributed by atoms with Crippen molar-refractivity contribution >= 4 is 30.7 Å². The van der Waals surface area contributed by atoms with Crippen LogP contribution in [0, 0.1) is 13.8 Å². The Morgan fingerprint density at radius 2 is 2.00 bits per heavy atom. The fraction of sp³-hybridized carbons (Fsp3) is 0.455. The number of pyridine rings is 1. The third-order valence-electron chi connectivity index (χ3n) is 2.14. The molecule has 0 saturated heterocycles. The number of aromatic nitrogens is 1. The summed E-state index contributed by atoms with van der Waals surface area (Å²) in [6.07, 6.45) is 0.796. The fourth-order valence-corrected chi connectivity index (χ4v) is 1.33. The van der Waals surface area contributed by atoms with Gasteiger partial charge in [0.25, 0.3) is 5.91 Å². The summed E-state index contributed by atoms with van der Waals surface area (Å²) in [5.74, 6) is -0.0755. The highest BCUT2D eigenvalue weighted by atomic mass is 35.5.